The molecular formula is C28H27ClN4O5S. The van der Waals surface area contributed by atoms with E-state index in [2.05, 4.69) is 15.0 Å². The molecule has 39 heavy (non-hydrogen) atoms. The smallest absolute Gasteiger partial charge is 0.306 e. The second-order valence-electron chi connectivity index (χ2n) is 10.0. The molecule has 0 radical (unpaired) electrons. The predicted molar refractivity (Wildman–Crippen MR) is 147 cm³/mol. The van der Waals surface area contributed by atoms with Crippen molar-refractivity contribution < 1.29 is 23.1 Å². The summed E-state index contributed by atoms with van der Waals surface area (Å²) in [5, 5.41) is 9.66. The minimum Gasteiger partial charge on any atom is -0.481 e. The highest BCUT2D eigenvalue weighted by molar-refractivity contribution is 7.89. The molecule has 3 heterocycles. The average Bonchev–Trinajstić information content (AvgIpc) is 3.28. The Kier molecular flexibility index (Phi) is 6.78. The van der Waals surface area contributed by atoms with Gasteiger partial charge in [-0.25, -0.2) is 13.4 Å². The molecule has 9 nitrogen and oxygen atoms in total. The number of fused-ring (bicyclic) bond motifs is 1. The first-order chi connectivity index (χ1) is 18.8. The van der Waals surface area contributed by atoms with E-state index in [1.165, 1.54) is 4.31 Å². The molecule has 11 heteroatoms. The molecule has 0 atom stereocenters. The number of aliphatic carboxylic acids is 1. The lowest BCUT2D eigenvalue weighted by Crippen LogP contribution is -2.41. The normalized spacial score (nSPS) is 20.0. The second kappa shape index (κ2) is 10.3. The van der Waals surface area contributed by atoms with Gasteiger partial charge in [0.05, 0.1) is 27.0 Å². The maximum Gasteiger partial charge on any atom is 0.306 e. The van der Waals surface area contributed by atoms with Crippen molar-refractivity contribution in [3.63, 3.8) is 0 Å². The Hall–Kier alpha value is -3.47. The Bertz CT molecular complexity index is 1630. The van der Waals surface area contributed by atoms with Gasteiger partial charge in [-0.15, -0.1) is 0 Å². The van der Waals surface area contributed by atoms with Crippen LogP contribution in [-0.2, 0) is 14.8 Å². The van der Waals surface area contributed by atoms with Crippen molar-refractivity contribution in [2.24, 2.45) is 5.92 Å². The van der Waals surface area contributed by atoms with E-state index in [-0.39, 0.29) is 12.0 Å². The van der Waals surface area contributed by atoms with Crippen LogP contribution in [0.5, 0.6) is 6.01 Å². The zero-order valence-electron chi connectivity index (χ0n) is 21.0. The number of sulfonamides is 1. The van der Waals surface area contributed by atoms with Gasteiger partial charge in [-0.05, 0) is 61.4 Å². The molecule has 2 aliphatic rings. The fraction of sp³-hybridized carbons (Fsp3) is 0.321. The fourth-order valence-corrected chi connectivity index (χ4v) is 6.83. The van der Waals surface area contributed by atoms with Gasteiger partial charge < -0.3 is 14.8 Å². The number of halogens is 1. The summed E-state index contributed by atoms with van der Waals surface area (Å²) in [5.74, 6) is -1.05. The van der Waals surface area contributed by atoms with Gasteiger partial charge in [-0.3, -0.25) is 4.79 Å². The Labute approximate surface area is 230 Å². The number of carbonyl (C=O) groups is 1. The average molecular weight is 567 g/mol. The van der Waals surface area contributed by atoms with Gasteiger partial charge in [0.2, 0.25) is 10.0 Å². The first-order valence-corrected chi connectivity index (χ1v) is 14.8. The van der Waals surface area contributed by atoms with Crippen molar-refractivity contribution in [3.05, 3.63) is 59.6 Å². The van der Waals surface area contributed by atoms with E-state index in [4.69, 9.17) is 16.3 Å². The highest BCUT2D eigenvalue weighted by atomic mass is 35.5. The van der Waals surface area contributed by atoms with Gasteiger partial charge in [0, 0.05) is 18.7 Å². The summed E-state index contributed by atoms with van der Waals surface area (Å²) in [6.45, 7) is 1.16. The Balaban J connectivity index is 1.18. The van der Waals surface area contributed by atoms with Crippen LogP contribution < -0.4 is 4.74 Å². The molecule has 2 aromatic heterocycles. The number of nitrogens with one attached hydrogen (secondary N) is 1. The quantitative estimate of drug-likeness (QED) is 0.308. The monoisotopic (exact) mass is 566 g/mol. The van der Waals surface area contributed by atoms with Crippen LogP contribution in [-0.4, -0.2) is 57.9 Å². The number of carboxylic acids is 1. The third-order valence-corrected chi connectivity index (χ3v) is 9.71. The molecule has 2 fully saturated rings. The number of imidazole rings is 1. The van der Waals surface area contributed by atoms with Crippen molar-refractivity contribution in [2.75, 3.05) is 13.1 Å². The van der Waals surface area contributed by atoms with E-state index >= 15 is 0 Å². The highest BCUT2D eigenvalue weighted by Gasteiger charge is 2.29. The minimum absolute atomic E-state index is 0.0893. The van der Waals surface area contributed by atoms with Crippen LogP contribution in [0.4, 0.5) is 0 Å². The van der Waals surface area contributed by atoms with Gasteiger partial charge in [0.15, 0.2) is 5.65 Å². The largest absolute Gasteiger partial charge is 0.481 e. The molecule has 1 aliphatic heterocycles. The number of nitrogens with zero attached hydrogens (tertiary/aromatic N) is 3. The number of hydrogen-bond donors (Lipinski definition) is 2. The van der Waals surface area contributed by atoms with Crippen LogP contribution in [0.3, 0.4) is 0 Å². The van der Waals surface area contributed by atoms with Crippen LogP contribution in [0.25, 0.3) is 33.5 Å². The number of aromatic nitrogens is 3. The maximum atomic E-state index is 12.6. The number of benzene rings is 2. The molecular weight excluding hydrogens is 540 g/mol. The number of ether oxygens (including phenoxy) is 1. The number of carboxylic acid groups (broad SMARTS) is 1. The summed E-state index contributed by atoms with van der Waals surface area (Å²) in [5.41, 5.74) is 4.39. The van der Waals surface area contributed by atoms with Gasteiger partial charge in [0.1, 0.15) is 6.10 Å². The molecule has 1 saturated carbocycles. The van der Waals surface area contributed by atoms with Crippen molar-refractivity contribution in [1.82, 2.24) is 19.3 Å². The Morgan fingerprint density at radius 3 is 2.15 bits per heavy atom. The summed E-state index contributed by atoms with van der Waals surface area (Å²) in [7, 11) is -3.41. The van der Waals surface area contributed by atoms with E-state index < -0.39 is 16.0 Å². The van der Waals surface area contributed by atoms with Crippen molar-refractivity contribution in [3.8, 4) is 28.4 Å². The molecule has 0 spiro atoms. The summed E-state index contributed by atoms with van der Waals surface area (Å²) in [6, 6.07) is 16.8. The van der Waals surface area contributed by atoms with Crippen molar-refractivity contribution >= 4 is 38.8 Å². The lowest BCUT2D eigenvalue weighted by molar-refractivity contribution is -0.143. The zero-order valence-corrected chi connectivity index (χ0v) is 22.6. The SMILES string of the molecule is O=C(O)C1CCC(Oc2nc3nc(-c4ccc(-c5ccc(S(=O)(=O)N6CCC6)cc5)cc4)c(Cl)cc3[nH]2)CC1. The topological polar surface area (TPSA) is 125 Å². The van der Waals surface area contributed by atoms with Gasteiger partial charge >= 0.3 is 5.97 Å². The lowest BCUT2D eigenvalue weighted by atomic mass is 9.87. The summed E-state index contributed by atoms with van der Waals surface area (Å²) < 4.78 is 32.7. The lowest BCUT2D eigenvalue weighted by Gasteiger charge is -2.29. The number of pyridine rings is 1. The Morgan fingerprint density at radius 2 is 1.56 bits per heavy atom. The molecule has 2 aromatic carbocycles. The molecule has 2 N–H and O–H groups in total. The zero-order chi connectivity index (χ0) is 27.1. The Morgan fingerprint density at radius 1 is 0.949 bits per heavy atom. The molecule has 202 valence electrons. The first-order valence-electron chi connectivity index (χ1n) is 12.9. The van der Waals surface area contributed by atoms with E-state index in [0.717, 1.165) is 23.1 Å². The van der Waals surface area contributed by atoms with Crippen LogP contribution in [0.1, 0.15) is 32.1 Å². The number of H-pyrrole nitrogens is 1. The van der Waals surface area contributed by atoms with E-state index in [0.29, 0.717) is 71.6 Å². The van der Waals surface area contributed by atoms with E-state index in [1.54, 1.807) is 18.2 Å². The number of rotatable bonds is 7. The predicted octanol–water partition coefficient (Wildman–Crippen LogP) is 5.36. The molecule has 0 unspecified atom stereocenters. The molecule has 4 aromatic rings. The van der Waals surface area contributed by atoms with Gasteiger partial charge in [-0.2, -0.15) is 9.29 Å². The summed E-state index contributed by atoms with van der Waals surface area (Å²) in [6.07, 6.45) is 3.32. The van der Waals surface area contributed by atoms with Crippen LogP contribution in [0.15, 0.2) is 59.5 Å². The molecule has 1 saturated heterocycles. The number of hydrogen-bond acceptors (Lipinski definition) is 6. The van der Waals surface area contributed by atoms with Gasteiger partial charge in [-0.1, -0.05) is 48.0 Å². The third kappa shape index (κ3) is 5.11. The van der Waals surface area contributed by atoms with Crippen LogP contribution >= 0.6 is 11.6 Å². The first kappa shape index (κ1) is 25.8. The molecule has 1 aliphatic carbocycles. The molecule has 6 rings (SSSR count). The molecule has 0 amide bonds. The summed E-state index contributed by atoms with van der Waals surface area (Å²) >= 11 is 6.58. The van der Waals surface area contributed by atoms with Crippen molar-refractivity contribution in [1.29, 1.82) is 0 Å². The third-order valence-electron chi connectivity index (χ3n) is 7.51. The minimum atomic E-state index is -3.41. The summed E-state index contributed by atoms with van der Waals surface area (Å²) in [4.78, 5) is 23.8. The maximum absolute atomic E-state index is 12.6. The molecule has 0 bridgehead atoms. The number of aromatic amines is 1. The standard InChI is InChI=1S/C28H27ClN4O5S/c29-23-16-24-26(32-28(30-24)38-21-10-6-20(7-11-21)27(34)35)31-25(23)19-4-2-17(3-5-19)18-8-12-22(13-9-18)39(36,37)33-14-1-15-33/h2-5,8-9,12-13,16,20-21H,1,6-7,10-11,14-15H2,(H,34,35)(H,30,31,32). The van der Waals surface area contributed by atoms with Gasteiger partial charge in [0.25, 0.3) is 6.01 Å². The van der Waals surface area contributed by atoms with E-state index in [1.807, 2.05) is 36.4 Å². The van der Waals surface area contributed by atoms with Crippen LogP contribution in [0, 0.1) is 5.92 Å². The highest BCUT2D eigenvalue weighted by Crippen LogP contribution is 2.33. The van der Waals surface area contributed by atoms with Crippen LogP contribution in [0.2, 0.25) is 5.02 Å². The van der Waals surface area contributed by atoms with Crippen molar-refractivity contribution in [2.45, 2.75) is 43.1 Å². The van der Waals surface area contributed by atoms with E-state index in [9.17, 15) is 18.3 Å². The second-order valence-corrected chi connectivity index (χ2v) is 12.4. The fourth-order valence-electron chi connectivity index (χ4n) is 5.06.